The van der Waals surface area contributed by atoms with Crippen LogP contribution in [0.2, 0.25) is 0 Å². The summed E-state index contributed by atoms with van der Waals surface area (Å²) in [5, 5.41) is 12.9. The Morgan fingerprint density at radius 3 is 1.04 bits per heavy atom. The van der Waals surface area contributed by atoms with Gasteiger partial charge in [-0.25, -0.2) is 0 Å². The van der Waals surface area contributed by atoms with Gasteiger partial charge in [0.15, 0.2) is 0 Å². The standard InChI is InChI=1S/C54H33BN2/c1-3-18-40-36(14-1)38-16-5-7-20-42(38)46-32-34(28-30-44(40)46)56-50-24-11-9-22-48(50)55-49-23-10-12-25-51(49)57(53-27-13-26-52(56)54(53)55)35-29-31-45-41-19-4-2-15-37(41)39-17-6-8-21-43(39)47(45)33-35/h1-33H/i9D,10D,11D,12D,22D,23D,24D,25D. The lowest BCUT2D eigenvalue weighted by Gasteiger charge is -2.44. The maximum atomic E-state index is 9.65. The van der Waals surface area contributed by atoms with Gasteiger partial charge in [-0.15, -0.1) is 0 Å². The van der Waals surface area contributed by atoms with Crippen molar-refractivity contribution in [3.8, 4) is 0 Å². The first-order valence-electron chi connectivity index (χ1n) is 23.2. The molecule has 11 aromatic carbocycles. The zero-order valence-electron chi connectivity index (χ0n) is 38.4. The number of rotatable bonds is 2. The van der Waals surface area contributed by atoms with E-state index in [-0.39, 0.29) is 58.6 Å². The van der Waals surface area contributed by atoms with E-state index in [1.165, 1.54) is 0 Å². The van der Waals surface area contributed by atoms with Crippen LogP contribution in [0.1, 0.15) is 11.0 Å². The molecule has 0 radical (unpaired) electrons. The lowest BCUT2D eigenvalue weighted by Crippen LogP contribution is -2.61. The smallest absolute Gasteiger partial charge is 0.252 e. The van der Waals surface area contributed by atoms with Gasteiger partial charge in [-0.1, -0.05) is 152 Å². The van der Waals surface area contributed by atoms with Crippen molar-refractivity contribution < 1.29 is 11.0 Å². The molecule has 3 heteroatoms. The summed E-state index contributed by atoms with van der Waals surface area (Å²) in [6.07, 6.45) is 0. The maximum absolute atomic E-state index is 9.65. The highest BCUT2D eigenvalue weighted by Crippen LogP contribution is 2.46. The first kappa shape index (κ1) is 24.2. The van der Waals surface area contributed by atoms with E-state index in [1.54, 1.807) is 0 Å². The molecule has 0 aromatic heterocycles. The third-order valence-corrected chi connectivity index (χ3v) is 12.2. The van der Waals surface area contributed by atoms with E-state index in [0.29, 0.717) is 28.2 Å². The normalized spacial score (nSPS) is 15.1. The molecule has 0 fully saturated rings. The quantitative estimate of drug-likeness (QED) is 0.129. The minimum absolute atomic E-state index is 0.237. The Labute approximate surface area is 341 Å². The van der Waals surface area contributed by atoms with Crippen LogP contribution in [0.3, 0.4) is 0 Å². The number of fused-ring (bicyclic) bond motifs is 16. The molecule has 0 unspecified atom stereocenters. The third kappa shape index (κ3) is 4.21. The molecule has 2 heterocycles. The average Bonchev–Trinajstić information content (AvgIpc) is 3.35. The first-order valence-corrected chi connectivity index (χ1v) is 19.2. The fourth-order valence-electron chi connectivity index (χ4n) is 9.91. The Balaban J connectivity index is 1.15. The van der Waals surface area contributed by atoms with Gasteiger partial charge in [0, 0.05) is 34.1 Å². The lowest BCUT2D eigenvalue weighted by atomic mass is 9.33. The van der Waals surface area contributed by atoms with Gasteiger partial charge in [0.25, 0.3) is 6.71 Å². The van der Waals surface area contributed by atoms with Gasteiger partial charge in [0.05, 0.1) is 11.0 Å². The minimum Gasteiger partial charge on any atom is -0.311 e. The molecule has 0 saturated heterocycles. The summed E-state index contributed by atoms with van der Waals surface area (Å²) in [7, 11) is 0. The second-order valence-electron chi connectivity index (χ2n) is 15.0. The predicted octanol–water partition coefficient (Wildman–Crippen LogP) is 12.7. The van der Waals surface area contributed by atoms with E-state index >= 15 is 0 Å². The van der Waals surface area contributed by atoms with E-state index in [2.05, 4.69) is 72.8 Å². The van der Waals surface area contributed by atoms with Crippen molar-refractivity contribution in [2.75, 3.05) is 9.80 Å². The first-order chi connectivity index (χ1) is 31.6. The Hall–Kier alpha value is -7.36. The summed E-state index contributed by atoms with van der Waals surface area (Å²) in [5.74, 6) is 0. The van der Waals surface area contributed by atoms with Crippen molar-refractivity contribution >= 4 is 122 Å². The summed E-state index contributed by atoms with van der Waals surface area (Å²) in [5.41, 5.74) is 4.33. The van der Waals surface area contributed by atoms with Gasteiger partial charge in [-0.05, 0) is 130 Å². The van der Waals surface area contributed by atoms with Crippen LogP contribution < -0.4 is 26.2 Å². The van der Waals surface area contributed by atoms with Crippen LogP contribution in [0.4, 0.5) is 34.1 Å². The molecule has 0 saturated carbocycles. The van der Waals surface area contributed by atoms with Crippen LogP contribution in [-0.4, -0.2) is 6.71 Å². The fourth-order valence-corrected chi connectivity index (χ4v) is 9.91. The van der Waals surface area contributed by atoms with Gasteiger partial charge in [-0.3, -0.25) is 0 Å². The Morgan fingerprint density at radius 2 is 0.649 bits per heavy atom. The van der Waals surface area contributed by atoms with Gasteiger partial charge in [0.1, 0.15) is 0 Å². The molecular formula is C54H33BN2. The number of benzene rings is 11. The molecule has 262 valence electrons. The SMILES string of the molecule is [2H]c1c([2H])c([2H])c2c(c1[2H])B1c3c(cccc3N(c3ccc4c5ccccc5c5ccccc5c4c3)c3c([2H])c([2H])c([2H])c([2H])c31)N2c1ccc2c3ccccc3c3ccccc3c2c1. The molecule has 13 rings (SSSR count). The summed E-state index contributed by atoms with van der Waals surface area (Å²) in [6.45, 7) is -0.975. The minimum atomic E-state index is -0.975. The highest BCUT2D eigenvalue weighted by molar-refractivity contribution is 7.00. The van der Waals surface area contributed by atoms with Crippen molar-refractivity contribution in [1.29, 1.82) is 0 Å². The summed E-state index contributed by atoms with van der Waals surface area (Å²) < 4.78 is 74.6. The second-order valence-corrected chi connectivity index (χ2v) is 15.0. The maximum Gasteiger partial charge on any atom is 0.252 e. The molecule has 2 aliphatic heterocycles. The zero-order valence-corrected chi connectivity index (χ0v) is 30.4. The highest BCUT2D eigenvalue weighted by Gasteiger charge is 2.42. The van der Waals surface area contributed by atoms with Crippen molar-refractivity contribution in [2.24, 2.45) is 0 Å². The van der Waals surface area contributed by atoms with Crippen molar-refractivity contribution in [3.63, 3.8) is 0 Å². The number of hydrogen-bond donors (Lipinski definition) is 0. The number of hydrogen-bond acceptors (Lipinski definition) is 2. The van der Waals surface area contributed by atoms with Crippen LogP contribution in [0.25, 0.3) is 64.6 Å². The van der Waals surface area contributed by atoms with Crippen molar-refractivity contribution in [3.05, 3.63) is 200 Å². The van der Waals surface area contributed by atoms with E-state index in [9.17, 15) is 5.48 Å². The molecule has 0 amide bonds. The molecule has 11 aromatic rings. The highest BCUT2D eigenvalue weighted by atomic mass is 15.2. The van der Waals surface area contributed by atoms with Crippen LogP contribution in [-0.2, 0) is 0 Å². The summed E-state index contributed by atoms with van der Waals surface area (Å²) in [4.78, 5) is 3.86. The molecule has 0 aliphatic carbocycles. The predicted molar refractivity (Wildman–Crippen MR) is 245 cm³/mol. The van der Waals surface area contributed by atoms with Crippen molar-refractivity contribution in [1.82, 2.24) is 0 Å². The second kappa shape index (κ2) is 11.6. The summed E-state index contributed by atoms with van der Waals surface area (Å²) >= 11 is 0. The van der Waals surface area contributed by atoms with Crippen molar-refractivity contribution in [2.45, 2.75) is 0 Å². The van der Waals surface area contributed by atoms with E-state index in [4.69, 9.17) is 5.48 Å². The molecule has 0 atom stereocenters. The molecule has 57 heavy (non-hydrogen) atoms. The lowest BCUT2D eigenvalue weighted by molar-refractivity contribution is 1.26. The Morgan fingerprint density at radius 1 is 0.316 bits per heavy atom. The number of anilines is 6. The topological polar surface area (TPSA) is 6.48 Å². The molecule has 0 N–H and O–H groups in total. The Kier molecular flexibility index (Phi) is 4.92. The number of nitrogens with zero attached hydrogens (tertiary/aromatic N) is 2. The van der Waals surface area contributed by atoms with Gasteiger partial charge in [0.2, 0.25) is 0 Å². The van der Waals surface area contributed by atoms with Gasteiger partial charge < -0.3 is 9.80 Å². The van der Waals surface area contributed by atoms with Crippen LogP contribution in [0.15, 0.2) is 200 Å². The fraction of sp³-hybridized carbons (Fsp3) is 0. The average molecular weight is 729 g/mol. The molecule has 0 spiro atoms. The molecular weight excluding hydrogens is 687 g/mol. The van der Waals surface area contributed by atoms with Gasteiger partial charge >= 0.3 is 0 Å². The Bertz CT molecular complexity index is 3660. The third-order valence-electron chi connectivity index (χ3n) is 12.2. The van der Waals surface area contributed by atoms with Crippen LogP contribution in [0, 0.1) is 0 Å². The monoisotopic (exact) mass is 728 g/mol. The van der Waals surface area contributed by atoms with Crippen LogP contribution >= 0.6 is 0 Å². The molecule has 2 aliphatic rings. The van der Waals surface area contributed by atoms with E-state index in [1.807, 2.05) is 88.7 Å². The number of para-hydroxylation sites is 2. The largest absolute Gasteiger partial charge is 0.311 e. The van der Waals surface area contributed by atoms with Gasteiger partial charge in [-0.2, -0.15) is 0 Å². The van der Waals surface area contributed by atoms with Crippen LogP contribution in [0.5, 0.6) is 0 Å². The van der Waals surface area contributed by atoms with E-state index < -0.39 is 18.8 Å². The van der Waals surface area contributed by atoms with E-state index in [0.717, 1.165) is 64.6 Å². The molecule has 2 nitrogen and oxygen atoms in total. The molecule has 0 bridgehead atoms. The zero-order chi connectivity index (χ0) is 44.2. The summed E-state index contributed by atoms with van der Waals surface area (Å²) in [6, 6.07) is 48.9.